The summed E-state index contributed by atoms with van der Waals surface area (Å²) in [5.41, 5.74) is 11.3. The summed E-state index contributed by atoms with van der Waals surface area (Å²) in [6, 6.07) is 7.52. The summed E-state index contributed by atoms with van der Waals surface area (Å²) in [7, 11) is 0. The van der Waals surface area contributed by atoms with E-state index in [0.29, 0.717) is 0 Å². The predicted molar refractivity (Wildman–Crippen MR) is 76.9 cm³/mol. The molecule has 1 unspecified atom stereocenters. The van der Waals surface area contributed by atoms with E-state index in [-0.39, 0.29) is 11.5 Å². The fraction of sp³-hybridized carbons (Fsp3) is 0.647. The number of hydrogen-bond acceptors (Lipinski definition) is 1. The molecule has 0 amide bonds. The fourth-order valence-electron chi connectivity index (χ4n) is 4.06. The second-order valence-electron chi connectivity index (χ2n) is 6.34. The highest BCUT2D eigenvalue weighted by Gasteiger charge is 2.39. The maximum atomic E-state index is 6.34. The number of aryl methyl sites for hydroxylation is 2. The second-order valence-corrected chi connectivity index (χ2v) is 6.34. The van der Waals surface area contributed by atoms with Gasteiger partial charge in [0.25, 0.3) is 0 Å². The lowest BCUT2D eigenvalue weighted by molar-refractivity contribution is 0.368. The normalized spacial score (nSPS) is 23.7. The largest absolute Gasteiger partial charge is 0.327 e. The summed E-state index contributed by atoms with van der Waals surface area (Å²) in [5.74, 6) is 0. The van der Waals surface area contributed by atoms with Crippen molar-refractivity contribution in [2.75, 3.05) is 0 Å². The van der Waals surface area contributed by atoms with Crippen LogP contribution in [0.1, 0.15) is 62.1 Å². The maximum Gasteiger partial charge on any atom is 0.0108 e. The molecule has 0 bridgehead atoms. The van der Waals surface area contributed by atoms with Gasteiger partial charge in [0.2, 0.25) is 0 Å². The zero-order chi connectivity index (χ0) is 12.6. The van der Waals surface area contributed by atoms with E-state index in [2.05, 4.69) is 25.1 Å². The Morgan fingerprint density at radius 1 is 1.00 bits per heavy atom. The van der Waals surface area contributed by atoms with Crippen LogP contribution in [-0.2, 0) is 18.3 Å². The van der Waals surface area contributed by atoms with Gasteiger partial charge in [-0.05, 0) is 62.1 Å². The Morgan fingerprint density at radius 2 is 1.67 bits per heavy atom. The van der Waals surface area contributed by atoms with Crippen LogP contribution < -0.4 is 5.73 Å². The average Bonchev–Trinajstić information content (AvgIpc) is 2.89. The molecule has 0 spiro atoms. The van der Waals surface area contributed by atoms with Crippen LogP contribution in [0.25, 0.3) is 0 Å². The molecule has 0 aliphatic heterocycles. The van der Waals surface area contributed by atoms with Gasteiger partial charge < -0.3 is 5.73 Å². The molecule has 98 valence electrons. The highest BCUT2D eigenvalue weighted by molar-refractivity contribution is 5.39. The zero-order valence-electron chi connectivity index (χ0n) is 11.5. The van der Waals surface area contributed by atoms with Gasteiger partial charge in [0.05, 0.1) is 0 Å². The summed E-state index contributed by atoms with van der Waals surface area (Å²) >= 11 is 0. The Balaban J connectivity index is 2.00. The number of hydrogen-bond donors (Lipinski definition) is 1. The van der Waals surface area contributed by atoms with E-state index in [1.807, 2.05) is 0 Å². The van der Waals surface area contributed by atoms with Crippen molar-refractivity contribution in [3.63, 3.8) is 0 Å². The molecule has 1 saturated carbocycles. The third-order valence-corrected chi connectivity index (χ3v) is 5.29. The van der Waals surface area contributed by atoms with Crippen LogP contribution in [0.2, 0.25) is 0 Å². The summed E-state index contributed by atoms with van der Waals surface area (Å²) in [6.07, 6.45) is 10.5. The topological polar surface area (TPSA) is 26.0 Å². The number of fused-ring (bicyclic) bond motifs is 1. The molecule has 1 fully saturated rings. The summed E-state index contributed by atoms with van der Waals surface area (Å²) < 4.78 is 0. The molecule has 1 atom stereocenters. The van der Waals surface area contributed by atoms with Gasteiger partial charge in [0, 0.05) is 11.5 Å². The van der Waals surface area contributed by atoms with Crippen molar-refractivity contribution in [2.24, 2.45) is 5.73 Å². The van der Waals surface area contributed by atoms with Crippen LogP contribution in [0, 0.1) is 0 Å². The highest BCUT2D eigenvalue weighted by atomic mass is 14.7. The molecule has 2 aliphatic carbocycles. The molecule has 0 aromatic heterocycles. The van der Waals surface area contributed by atoms with Gasteiger partial charge in [-0.2, -0.15) is 0 Å². The predicted octanol–water partition coefficient (Wildman–Crippen LogP) is 3.72. The Labute approximate surface area is 111 Å². The van der Waals surface area contributed by atoms with Crippen molar-refractivity contribution in [3.05, 3.63) is 34.9 Å². The molecule has 2 aliphatic rings. The lowest BCUT2D eigenvalue weighted by Gasteiger charge is -2.35. The molecule has 1 aromatic rings. The summed E-state index contributed by atoms with van der Waals surface area (Å²) in [4.78, 5) is 0. The van der Waals surface area contributed by atoms with Crippen molar-refractivity contribution >= 4 is 0 Å². The van der Waals surface area contributed by atoms with Crippen LogP contribution in [0.5, 0.6) is 0 Å². The van der Waals surface area contributed by atoms with E-state index >= 15 is 0 Å². The lowest BCUT2D eigenvalue weighted by Crippen LogP contribution is -2.41. The van der Waals surface area contributed by atoms with Gasteiger partial charge in [-0.25, -0.2) is 0 Å². The minimum atomic E-state index is 0.270. The third-order valence-electron chi connectivity index (χ3n) is 5.29. The standard InChI is InChI=1S/C17H25N/c1-13(18)17(10-4-5-11-17)16-9-8-14-6-2-3-7-15(14)12-16/h8-9,12-13H,2-7,10-11,18H2,1H3. The Bertz CT molecular complexity index is 427. The van der Waals surface area contributed by atoms with Gasteiger partial charge in [-0.1, -0.05) is 31.0 Å². The van der Waals surface area contributed by atoms with E-state index in [9.17, 15) is 0 Å². The SMILES string of the molecule is CC(N)C1(c2ccc3c(c2)CCCC3)CCCC1. The first kappa shape index (κ1) is 12.2. The van der Waals surface area contributed by atoms with Crippen LogP contribution in [-0.4, -0.2) is 6.04 Å². The first-order valence-electron chi connectivity index (χ1n) is 7.60. The smallest absolute Gasteiger partial charge is 0.0108 e. The third kappa shape index (κ3) is 1.89. The van der Waals surface area contributed by atoms with E-state index in [0.717, 1.165) is 0 Å². The monoisotopic (exact) mass is 243 g/mol. The quantitative estimate of drug-likeness (QED) is 0.841. The molecule has 0 radical (unpaired) electrons. The van der Waals surface area contributed by atoms with Gasteiger partial charge in [-0.15, -0.1) is 0 Å². The molecule has 18 heavy (non-hydrogen) atoms. The first-order valence-corrected chi connectivity index (χ1v) is 7.60. The molecule has 1 aromatic carbocycles. The Hall–Kier alpha value is -0.820. The van der Waals surface area contributed by atoms with Gasteiger partial charge in [0.1, 0.15) is 0 Å². The zero-order valence-corrected chi connectivity index (χ0v) is 11.5. The molecule has 0 saturated heterocycles. The van der Waals surface area contributed by atoms with Gasteiger partial charge in [-0.3, -0.25) is 0 Å². The molecule has 1 nitrogen and oxygen atoms in total. The molecule has 2 N–H and O–H groups in total. The van der Waals surface area contributed by atoms with Crippen molar-refractivity contribution < 1.29 is 0 Å². The molecular formula is C17H25N. The van der Waals surface area contributed by atoms with Crippen LogP contribution >= 0.6 is 0 Å². The van der Waals surface area contributed by atoms with E-state index in [4.69, 9.17) is 5.73 Å². The Kier molecular flexibility index (Phi) is 3.19. The average molecular weight is 243 g/mol. The highest BCUT2D eigenvalue weighted by Crippen LogP contribution is 2.44. The maximum absolute atomic E-state index is 6.34. The number of benzene rings is 1. The van der Waals surface area contributed by atoms with E-state index < -0.39 is 0 Å². The van der Waals surface area contributed by atoms with Crippen LogP contribution in [0.3, 0.4) is 0 Å². The van der Waals surface area contributed by atoms with Crippen molar-refractivity contribution in [1.29, 1.82) is 0 Å². The fourth-order valence-corrected chi connectivity index (χ4v) is 4.06. The first-order chi connectivity index (χ1) is 8.72. The number of rotatable bonds is 2. The van der Waals surface area contributed by atoms with E-state index in [1.165, 1.54) is 56.9 Å². The summed E-state index contributed by atoms with van der Waals surface area (Å²) in [5, 5.41) is 0. The van der Waals surface area contributed by atoms with Crippen LogP contribution in [0.4, 0.5) is 0 Å². The minimum Gasteiger partial charge on any atom is -0.327 e. The van der Waals surface area contributed by atoms with Gasteiger partial charge >= 0.3 is 0 Å². The molecule has 3 rings (SSSR count). The summed E-state index contributed by atoms with van der Waals surface area (Å²) in [6.45, 7) is 2.20. The van der Waals surface area contributed by atoms with Gasteiger partial charge in [0.15, 0.2) is 0 Å². The Morgan fingerprint density at radius 3 is 2.33 bits per heavy atom. The van der Waals surface area contributed by atoms with Crippen molar-refractivity contribution in [1.82, 2.24) is 0 Å². The second kappa shape index (κ2) is 4.70. The van der Waals surface area contributed by atoms with Crippen molar-refractivity contribution in [3.8, 4) is 0 Å². The van der Waals surface area contributed by atoms with Crippen LogP contribution in [0.15, 0.2) is 18.2 Å². The number of nitrogens with two attached hydrogens (primary N) is 1. The molecular weight excluding hydrogens is 218 g/mol. The molecule has 1 heteroatoms. The molecule has 0 heterocycles. The van der Waals surface area contributed by atoms with E-state index in [1.54, 1.807) is 11.1 Å². The minimum absolute atomic E-state index is 0.270. The van der Waals surface area contributed by atoms with Crippen molar-refractivity contribution in [2.45, 2.75) is 69.7 Å². The lowest BCUT2D eigenvalue weighted by atomic mass is 9.72.